The SMILES string of the molecule is COc1ccc(CO[C@@H]2C[C@H](C)C[C@H](OCc3ccc(Br)cc3)[C@@H](COCc3ccc(Br)cc3)O[C@H]2C[C@H](O)[C@]2(C)O[C@H]2C[C@H]2O[C@@H](COCc3ccccc3)[C@H](OCc3ccccc3)C/C=C\C[C@@H]2O[Si](C)(C)C(C)(C)C)cc1. The molecule has 80 heavy (non-hydrogen) atoms. The van der Waals surface area contributed by atoms with Gasteiger partial charge in [-0.15, -0.1) is 0 Å². The molecule has 8 rings (SSSR count). The van der Waals surface area contributed by atoms with Gasteiger partial charge in [-0.25, -0.2) is 0 Å². The van der Waals surface area contributed by atoms with Crippen molar-refractivity contribution in [2.75, 3.05) is 20.3 Å². The molecule has 0 unspecified atom stereocenters. The molecular weight excluding hydrogens is 1160 g/mol. The summed E-state index contributed by atoms with van der Waals surface area (Å²) in [5.41, 5.74) is 4.38. The minimum atomic E-state index is -2.33. The Morgan fingerprint density at radius 2 is 1.02 bits per heavy atom. The number of benzene rings is 5. The maximum Gasteiger partial charge on any atom is 0.192 e. The first-order valence-electron chi connectivity index (χ1n) is 28.6. The first kappa shape index (κ1) is 62.5. The third kappa shape index (κ3) is 18.5. The third-order valence-electron chi connectivity index (χ3n) is 16.5. The fraction of sp³-hybridized carbons (Fsp3) is 0.515. The summed E-state index contributed by atoms with van der Waals surface area (Å²) >= 11 is 7.15. The monoisotopic (exact) mass is 1240 g/mol. The molecule has 0 amide bonds. The van der Waals surface area contributed by atoms with Crippen LogP contribution in [0.25, 0.3) is 0 Å². The summed E-state index contributed by atoms with van der Waals surface area (Å²) in [4.78, 5) is 0. The lowest BCUT2D eigenvalue weighted by Gasteiger charge is -2.42. The van der Waals surface area contributed by atoms with Crippen LogP contribution in [0.15, 0.2) is 155 Å². The van der Waals surface area contributed by atoms with Gasteiger partial charge in [-0.3, -0.25) is 0 Å². The molecule has 2 fully saturated rings. The summed E-state index contributed by atoms with van der Waals surface area (Å²) in [6.45, 7) is 18.3. The van der Waals surface area contributed by atoms with Crippen molar-refractivity contribution in [3.05, 3.63) is 182 Å². The fourth-order valence-electron chi connectivity index (χ4n) is 10.4. The number of aliphatic hydroxyl groups excluding tert-OH is 1. The molecule has 0 aliphatic carbocycles. The topological polar surface area (TPSA) is 116 Å². The number of rotatable bonds is 25. The summed E-state index contributed by atoms with van der Waals surface area (Å²) in [5.74, 6) is 0.962. The van der Waals surface area contributed by atoms with Gasteiger partial charge in [0.2, 0.25) is 0 Å². The Kier molecular flexibility index (Phi) is 23.3. The minimum absolute atomic E-state index is 0.0497. The maximum absolute atomic E-state index is 12.8. The third-order valence-corrected chi connectivity index (χ3v) is 22.1. The molecule has 3 heterocycles. The summed E-state index contributed by atoms with van der Waals surface area (Å²) in [5, 5.41) is 12.8. The van der Waals surface area contributed by atoms with Gasteiger partial charge in [-0.2, -0.15) is 0 Å². The van der Waals surface area contributed by atoms with Crippen molar-refractivity contribution >= 4 is 40.2 Å². The molecule has 14 heteroatoms. The molecule has 5 aromatic carbocycles. The zero-order valence-electron chi connectivity index (χ0n) is 48.2. The molecule has 11 nitrogen and oxygen atoms in total. The molecule has 5 aromatic rings. The Hall–Kier alpha value is -3.58. The first-order chi connectivity index (χ1) is 38.4. The van der Waals surface area contributed by atoms with Crippen LogP contribution in [0, 0.1) is 5.92 Å². The molecular formula is C66H86Br2O11Si. The van der Waals surface area contributed by atoms with Gasteiger partial charge in [0, 0.05) is 21.8 Å². The Morgan fingerprint density at radius 1 is 0.588 bits per heavy atom. The zero-order valence-corrected chi connectivity index (χ0v) is 52.4. The number of ether oxygens (including phenoxy) is 9. The van der Waals surface area contributed by atoms with Gasteiger partial charge in [0.1, 0.15) is 23.6 Å². The lowest BCUT2D eigenvalue weighted by molar-refractivity contribution is -0.193. The van der Waals surface area contributed by atoms with Gasteiger partial charge in [-0.05, 0) is 121 Å². The van der Waals surface area contributed by atoms with Gasteiger partial charge >= 0.3 is 0 Å². The average molecular weight is 1240 g/mol. The minimum Gasteiger partial charge on any atom is -0.497 e. The van der Waals surface area contributed by atoms with Crippen LogP contribution in [-0.4, -0.2) is 100 Å². The number of halogens is 2. The van der Waals surface area contributed by atoms with Crippen LogP contribution in [0.1, 0.15) is 101 Å². The van der Waals surface area contributed by atoms with Gasteiger partial charge in [-0.1, -0.05) is 169 Å². The van der Waals surface area contributed by atoms with Crippen molar-refractivity contribution in [1.29, 1.82) is 0 Å². The largest absolute Gasteiger partial charge is 0.497 e. The highest BCUT2D eigenvalue weighted by Crippen LogP contribution is 2.47. The molecule has 0 saturated carbocycles. The van der Waals surface area contributed by atoms with E-state index in [9.17, 15) is 5.11 Å². The summed E-state index contributed by atoms with van der Waals surface area (Å²) in [6, 6.07) is 44.8. The van der Waals surface area contributed by atoms with Crippen LogP contribution >= 0.6 is 31.9 Å². The van der Waals surface area contributed by atoms with Crippen LogP contribution < -0.4 is 4.74 Å². The standard InChI is InChI=1S/C66H86Br2O11Si/c1-46-35-57(74-43-51-27-33-54(70-6)34-28-51)59(76-62(45-72-40-49-23-29-52(67)30-24-49)58(36-46)75-42-50-25-31-53(68)32-26-50)37-63(69)66(5)64(78-66)38-60-56(79-80(7,8)65(2,3)4)22-16-15-21-55(73-41-48-19-13-10-14-20-48)61(77-60)44-71-39-47-17-11-9-12-18-47/h9-20,23-34,46,55-64,69H,21-22,35-45H2,1-8H3/b16-15-/t46-,55+,56-,57+,58-,59-,60+,61-,62+,63-,64-,66-/m0/s1. The summed E-state index contributed by atoms with van der Waals surface area (Å²) in [6.07, 6.45) is 3.44. The molecule has 0 spiro atoms. The van der Waals surface area contributed by atoms with E-state index in [2.05, 4.69) is 133 Å². The molecule has 0 bridgehead atoms. The van der Waals surface area contributed by atoms with E-state index in [1.807, 2.05) is 91.9 Å². The second-order valence-corrected chi connectivity index (χ2v) is 30.4. The molecule has 3 aliphatic heterocycles. The maximum atomic E-state index is 12.8. The van der Waals surface area contributed by atoms with Crippen molar-refractivity contribution in [1.82, 2.24) is 0 Å². The lowest BCUT2D eigenvalue weighted by Crippen LogP contribution is -2.50. The highest BCUT2D eigenvalue weighted by atomic mass is 79.9. The molecule has 2 saturated heterocycles. The molecule has 0 radical (unpaired) electrons. The Morgan fingerprint density at radius 3 is 1.55 bits per heavy atom. The van der Waals surface area contributed by atoms with Crippen LogP contribution in [0.3, 0.4) is 0 Å². The molecule has 1 N–H and O–H groups in total. The van der Waals surface area contributed by atoms with E-state index in [0.717, 1.165) is 48.9 Å². The molecule has 434 valence electrons. The Balaban J connectivity index is 1.06. The number of aliphatic hydroxyl groups is 1. The molecule has 3 aliphatic rings. The number of methoxy groups -OCH3 is 1. The Labute approximate surface area is 494 Å². The highest BCUT2D eigenvalue weighted by Gasteiger charge is 2.59. The zero-order chi connectivity index (χ0) is 56.7. The van der Waals surface area contributed by atoms with Gasteiger partial charge in [0.25, 0.3) is 0 Å². The average Bonchev–Trinajstić information content (AvgIpc) is 4.11. The van der Waals surface area contributed by atoms with E-state index in [1.54, 1.807) is 7.11 Å². The van der Waals surface area contributed by atoms with E-state index in [0.29, 0.717) is 65.3 Å². The van der Waals surface area contributed by atoms with E-state index >= 15 is 0 Å². The molecule has 0 aromatic heterocycles. The fourth-order valence-corrected chi connectivity index (χ4v) is 12.3. The van der Waals surface area contributed by atoms with E-state index in [-0.39, 0.29) is 54.5 Å². The highest BCUT2D eigenvalue weighted by molar-refractivity contribution is 9.10. The normalized spacial score (nSPS) is 27.4. The second-order valence-electron chi connectivity index (χ2n) is 23.8. The van der Waals surface area contributed by atoms with Crippen molar-refractivity contribution < 1.29 is 52.2 Å². The van der Waals surface area contributed by atoms with E-state index in [4.69, 9.17) is 47.1 Å². The predicted octanol–water partition coefficient (Wildman–Crippen LogP) is 14.7. The number of epoxide rings is 1. The number of hydrogen-bond donors (Lipinski definition) is 1. The van der Waals surface area contributed by atoms with E-state index in [1.165, 1.54) is 0 Å². The Bertz CT molecular complexity index is 2620. The van der Waals surface area contributed by atoms with Crippen LogP contribution in [0.4, 0.5) is 0 Å². The second kappa shape index (κ2) is 29.8. The predicted molar refractivity (Wildman–Crippen MR) is 324 cm³/mol. The summed E-state index contributed by atoms with van der Waals surface area (Å²) < 4.78 is 70.0. The van der Waals surface area contributed by atoms with E-state index < -0.39 is 44.4 Å². The lowest BCUT2D eigenvalue weighted by atomic mass is 9.86. The van der Waals surface area contributed by atoms with Gasteiger partial charge < -0.3 is 52.2 Å². The van der Waals surface area contributed by atoms with Gasteiger partial charge in [0.15, 0.2) is 8.32 Å². The van der Waals surface area contributed by atoms with Crippen molar-refractivity contribution in [3.63, 3.8) is 0 Å². The van der Waals surface area contributed by atoms with Crippen molar-refractivity contribution in [2.45, 2.75) is 191 Å². The smallest absolute Gasteiger partial charge is 0.192 e. The molecule has 12 atom stereocenters. The van der Waals surface area contributed by atoms with Crippen LogP contribution in [-0.2, 0) is 75.4 Å². The first-order valence-corrected chi connectivity index (χ1v) is 33.1. The van der Waals surface area contributed by atoms with Crippen molar-refractivity contribution in [2.24, 2.45) is 5.92 Å². The van der Waals surface area contributed by atoms with Crippen LogP contribution in [0.5, 0.6) is 5.75 Å². The quantitative estimate of drug-likeness (QED) is 0.0342. The number of hydrogen-bond acceptors (Lipinski definition) is 11. The van der Waals surface area contributed by atoms with Gasteiger partial charge in [0.05, 0.1) is 102 Å². The summed E-state index contributed by atoms with van der Waals surface area (Å²) in [7, 11) is -0.665. The van der Waals surface area contributed by atoms with Crippen LogP contribution in [0.2, 0.25) is 18.1 Å². The van der Waals surface area contributed by atoms with Crippen molar-refractivity contribution in [3.8, 4) is 5.75 Å².